The van der Waals surface area contributed by atoms with E-state index in [4.69, 9.17) is 0 Å². The molecule has 0 radical (unpaired) electrons. The summed E-state index contributed by atoms with van der Waals surface area (Å²) in [5.74, 6) is 0. The fourth-order valence-corrected chi connectivity index (χ4v) is 11.5. The maximum Gasteiger partial charge on any atom is 0.0434 e. The molecule has 0 aliphatic carbocycles. The Hall–Kier alpha value is -6.32. The Morgan fingerprint density at radius 3 is 1.54 bits per heavy atom. The molecule has 2 heteroatoms. The van der Waals surface area contributed by atoms with E-state index in [1.807, 2.05) is 22.7 Å². The smallest absolute Gasteiger partial charge is 0.0434 e. The first-order valence-corrected chi connectivity index (χ1v) is 20.1. The van der Waals surface area contributed by atoms with Gasteiger partial charge in [0.1, 0.15) is 0 Å². The van der Waals surface area contributed by atoms with E-state index in [0.717, 1.165) is 0 Å². The van der Waals surface area contributed by atoms with Gasteiger partial charge in [-0.05, 0) is 94.7 Å². The van der Waals surface area contributed by atoms with Gasteiger partial charge in [0.25, 0.3) is 0 Å². The number of benzene rings is 10. The van der Waals surface area contributed by atoms with Crippen LogP contribution >= 0.6 is 22.7 Å². The monoisotopic (exact) mass is 718 g/mol. The average molecular weight is 719 g/mol. The second-order valence-electron chi connectivity index (χ2n) is 14.3. The van der Waals surface area contributed by atoms with E-state index in [9.17, 15) is 0 Å². The van der Waals surface area contributed by atoms with E-state index in [1.54, 1.807) is 0 Å². The molecule has 0 bridgehead atoms. The predicted molar refractivity (Wildman–Crippen MR) is 239 cm³/mol. The molecule has 0 unspecified atom stereocenters. The van der Waals surface area contributed by atoms with Crippen molar-refractivity contribution in [2.45, 2.75) is 0 Å². The molecule has 12 aromatic rings. The highest BCUT2D eigenvalue weighted by atomic mass is 32.1. The number of hydrogen-bond donors (Lipinski definition) is 0. The van der Waals surface area contributed by atoms with Crippen molar-refractivity contribution in [1.82, 2.24) is 0 Å². The molecule has 0 spiro atoms. The molecule has 0 atom stereocenters. The van der Waals surface area contributed by atoms with E-state index in [0.29, 0.717) is 0 Å². The molecule has 12 rings (SSSR count). The van der Waals surface area contributed by atoms with Crippen molar-refractivity contribution in [3.8, 4) is 33.4 Å². The summed E-state index contributed by atoms with van der Waals surface area (Å²) in [7, 11) is 0. The first-order valence-electron chi connectivity index (χ1n) is 18.5. The van der Waals surface area contributed by atoms with Crippen LogP contribution in [0.15, 0.2) is 182 Å². The van der Waals surface area contributed by atoms with Crippen LogP contribution in [0.25, 0.3) is 117 Å². The highest BCUT2D eigenvalue weighted by Gasteiger charge is 2.20. The molecule has 54 heavy (non-hydrogen) atoms. The summed E-state index contributed by atoms with van der Waals surface area (Å²) < 4.78 is 5.42. The molecule has 2 heterocycles. The van der Waals surface area contributed by atoms with E-state index in [-0.39, 0.29) is 0 Å². The van der Waals surface area contributed by atoms with Crippen molar-refractivity contribution in [1.29, 1.82) is 0 Å². The zero-order valence-electron chi connectivity index (χ0n) is 29.1. The van der Waals surface area contributed by atoms with Crippen LogP contribution in [-0.2, 0) is 0 Å². The Morgan fingerprint density at radius 1 is 0.278 bits per heavy atom. The van der Waals surface area contributed by atoms with Gasteiger partial charge in [0.2, 0.25) is 0 Å². The van der Waals surface area contributed by atoms with Crippen molar-refractivity contribution < 1.29 is 0 Å². The molecule has 0 N–H and O–H groups in total. The van der Waals surface area contributed by atoms with E-state index in [2.05, 4.69) is 182 Å². The van der Waals surface area contributed by atoms with Crippen molar-refractivity contribution in [2.24, 2.45) is 0 Å². The minimum Gasteiger partial charge on any atom is -0.135 e. The molecule has 0 saturated carbocycles. The van der Waals surface area contributed by atoms with Gasteiger partial charge in [-0.3, -0.25) is 0 Å². The Kier molecular flexibility index (Phi) is 6.48. The maximum absolute atomic E-state index is 2.43. The number of thiophene rings is 2. The van der Waals surface area contributed by atoms with Gasteiger partial charge in [-0.2, -0.15) is 0 Å². The van der Waals surface area contributed by atoms with Crippen molar-refractivity contribution in [3.05, 3.63) is 182 Å². The molecule has 0 fully saturated rings. The summed E-state index contributed by atoms with van der Waals surface area (Å²) in [4.78, 5) is 0. The lowest BCUT2D eigenvalue weighted by molar-refractivity contribution is 1.66. The van der Waals surface area contributed by atoms with Crippen LogP contribution in [-0.4, -0.2) is 0 Å². The zero-order chi connectivity index (χ0) is 35.3. The predicted octanol–water partition coefficient (Wildman–Crippen LogP) is 16.0. The molecule has 0 amide bonds. The average Bonchev–Trinajstić information content (AvgIpc) is 3.81. The van der Waals surface area contributed by atoms with Gasteiger partial charge in [-0.1, -0.05) is 164 Å². The van der Waals surface area contributed by atoms with Gasteiger partial charge in [0, 0.05) is 40.3 Å². The molecule has 2 aromatic heterocycles. The highest BCUT2D eigenvalue weighted by molar-refractivity contribution is 7.28. The third-order valence-corrected chi connectivity index (χ3v) is 13.8. The summed E-state index contributed by atoms with van der Waals surface area (Å²) in [5, 5.41) is 15.8. The van der Waals surface area contributed by atoms with Crippen molar-refractivity contribution in [2.75, 3.05) is 0 Å². The minimum atomic E-state index is 1.25. The Labute approximate surface area is 319 Å². The van der Waals surface area contributed by atoms with Crippen LogP contribution in [0.2, 0.25) is 0 Å². The molecular weight excluding hydrogens is 689 g/mol. The van der Waals surface area contributed by atoms with Gasteiger partial charge in [0.05, 0.1) is 0 Å². The first-order chi connectivity index (χ1) is 26.8. The topological polar surface area (TPSA) is 0 Å². The van der Waals surface area contributed by atoms with Crippen LogP contribution < -0.4 is 0 Å². The lowest BCUT2D eigenvalue weighted by atomic mass is 9.84. The van der Waals surface area contributed by atoms with E-state index in [1.165, 1.54) is 117 Å². The van der Waals surface area contributed by atoms with Gasteiger partial charge in [0.15, 0.2) is 0 Å². The van der Waals surface area contributed by atoms with Crippen LogP contribution in [0.4, 0.5) is 0 Å². The SMILES string of the molecule is c1ccc(-c2c3ccccc3c(-c3ccc(-c4ccc5c(c4)sc4ccc6sc7c8ccccc8ccc7c6c45)c4ccccc34)c3ccccc23)cc1. The molecular formula is C52H30S2. The summed E-state index contributed by atoms with van der Waals surface area (Å²) in [5.41, 5.74) is 7.62. The second kappa shape index (κ2) is 11.6. The maximum atomic E-state index is 2.43. The summed E-state index contributed by atoms with van der Waals surface area (Å²) in [6.45, 7) is 0. The Balaban J connectivity index is 1.07. The lowest BCUT2D eigenvalue weighted by Gasteiger charge is -2.19. The highest BCUT2D eigenvalue weighted by Crippen LogP contribution is 2.49. The molecule has 0 nitrogen and oxygen atoms in total. The summed E-state index contributed by atoms with van der Waals surface area (Å²) >= 11 is 3.84. The van der Waals surface area contributed by atoms with Gasteiger partial charge in [-0.25, -0.2) is 0 Å². The van der Waals surface area contributed by atoms with E-state index >= 15 is 0 Å². The zero-order valence-corrected chi connectivity index (χ0v) is 30.8. The van der Waals surface area contributed by atoms with E-state index < -0.39 is 0 Å². The second-order valence-corrected chi connectivity index (χ2v) is 16.4. The quantitative estimate of drug-likeness (QED) is 0.160. The largest absolute Gasteiger partial charge is 0.135 e. The Morgan fingerprint density at radius 2 is 0.815 bits per heavy atom. The molecule has 0 saturated heterocycles. The molecule has 10 aromatic carbocycles. The van der Waals surface area contributed by atoms with Crippen LogP contribution in [0.1, 0.15) is 0 Å². The van der Waals surface area contributed by atoms with Crippen LogP contribution in [0.5, 0.6) is 0 Å². The number of rotatable bonds is 3. The van der Waals surface area contributed by atoms with Gasteiger partial charge < -0.3 is 0 Å². The number of fused-ring (bicyclic) bond motifs is 12. The van der Waals surface area contributed by atoms with Gasteiger partial charge in [-0.15, -0.1) is 22.7 Å². The fourth-order valence-electron chi connectivity index (χ4n) is 9.13. The minimum absolute atomic E-state index is 1.25. The standard InChI is InChI=1S/C52H30S2/c1-2-13-32(14-3-1)48-38-18-8-10-20-40(38)49(41-21-11-9-19-39(41)48)42-27-26-34(36-16-6-7-17-37(36)42)33-23-24-43-47(30-33)53-45-28-29-46-51(50(43)45)44-25-22-31-12-4-5-15-35(31)52(44)54-46/h1-30H. The fraction of sp³-hybridized carbons (Fsp3) is 0. The summed E-state index contributed by atoms with van der Waals surface area (Å²) in [6, 6.07) is 67.7. The summed E-state index contributed by atoms with van der Waals surface area (Å²) in [6.07, 6.45) is 0. The van der Waals surface area contributed by atoms with Crippen LogP contribution in [0.3, 0.4) is 0 Å². The third kappa shape index (κ3) is 4.30. The van der Waals surface area contributed by atoms with Crippen LogP contribution in [0, 0.1) is 0 Å². The molecule has 250 valence electrons. The first kappa shape index (κ1) is 30.2. The normalized spacial score (nSPS) is 12.1. The molecule has 0 aliphatic rings. The Bertz CT molecular complexity index is 3430. The lowest BCUT2D eigenvalue weighted by Crippen LogP contribution is -1.92. The number of hydrogen-bond acceptors (Lipinski definition) is 2. The third-order valence-electron chi connectivity index (χ3n) is 11.5. The molecule has 0 aliphatic heterocycles. The van der Waals surface area contributed by atoms with Crippen molar-refractivity contribution in [3.63, 3.8) is 0 Å². The van der Waals surface area contributed by atoms with Crippen molar-refractivity contribution >= 4 is 106 Å². The van der Waals surface area contributed by atoms with Gasteiger partial charge >= 0.3 is 0 Å².